The van der Waals surface area contributed by atoms with Crippen molar-refractivity contribution in [3.05, 3.63) is 46.4 Å². The summed E-state index contributed by atoms with van der Waals surface area (Å²) >= 11 is 0. The normalized spacial score (nSPS) is 10.7. The van der Waals surface area contributed by atoms with Crippen LogP contribution in [0.5, 0.6) is 0 Å². The summed E-state index contributed by atoms with van der Waals surface area (Å²) in [6.45, 7) is 0. The molecule has 3 aromatic rings. The van der Waals surface area contributed by atoms with Crippen molar-refractivity contribution in [2.24, 2.45) is 0 Å². The van der Waals surface area contributed by atoms with Crippen LogP contribution in [-0.2, 0) is 0 Å². The van der Waals surface area contributed by atoms with Crippen LogP contribution < -0.4 is 5.56 Å². The molecule has 0 saturated carbocycles. The SMILES string of the molecule is N#Cc1c[nH]n2c(=O)c3ccccc3nc12. The van der Waals surface area contributed by atoms with Gasteiger partial charge in [0.2, 0.25) is 0 Å². The van der Waals surface area contributed by atoms with Crippen LogP contribution in [0.3, 0.4) is 0 Å². The van der Waals surface area contributed by atoms with Crippen LogP contribution in [0.4, 0.5) is 0 Å². The topological polar surface area (TPSA) is 73.9 Å². The molecule has 1 aromatic carbocycles. The van der Waals surface area contributed by atoms with Gasteiger partial charge in [0.15, 0.2) is 5.65 Å². The van der Waals surface area contributed by atoms with Gasteiger partial charge in [-0.15, -0.1) is 0 Å². The number of hydrogen-bond donors (Lipinski definition) is 1. The molecule has 3 rings (SSSR count). The number of benzene rings is 1. The number of H-pyrrole nitrogens is 1. The van der Waals surface area contributed by atoms with E-state index in [9.17, 15) is 4.79 Å². The van der Waals surface area contributed by atoms with E-state index in [0.717, 1.165) is 0 Å². The fourth-order valence-corrected chi connectivity index (χ4v) is 1.71. The second-order valence-corrected chi connectivity index (χ2v) is 3.39. The average Bonchev–Trinajstić information content (AvgIpc) is 2.72. The molecular formula is C11H6N4O. The zero-order valence-corrected chi connectivity index (χ0v) is 8.14. The average molecular weight is 210 g/mol. The molecular weight excluding hydrogens is 204 g/mol. The molecule has 0 aliphatic heterocycles. The van der Waals surface area contributed by atoms with Gasteiger partial charge in [-0.1, -0.05) is 12.1 Å². The lowest BCUT2D eigenvalue weighted by Crippen LogP contribution is -2.15. The van der Waals surface area contributed by atoms with Crippen molar-refractivity contribution in [2.45, 2.75) is 0 Å². The van der Waals surface area contributed by atoms with Crippen LogP contribution >= 0.6 is 0 Å². The van der Waals surface area contributed by atoms with Crippen LogP contribution in [0.15, 0.2) is 35.3 Å². The largest absolute Gasteiger partial charge is 0.295 e. The quantitative estimate of drug-likeness (QED) is 0.602. The van der Waals surface area contributed by atoms with Crippen molar-refractivity contribution in [1.29, 1.82) is 5.26 Å². The highest BCUT2D eigenvalue weighted by atomic mass is 16.1. The van der Waals surface area contributed by atoms with E-state index in [1.807, 2.05) is 12.1 Å². The smallest absolute Gasteiger partial charge is 0.280 e. The maximum Gasteiger partial charge on any atom is 0.280 e. The third-order valence-electron chi connectivity index (χ3n) is 2.48. The van der Waals surface area contributed by atoms with Gasteiger partial charge in [-0.05, 0) is 12.1 Å². The molecule has 0 bridgehead atoms. The first-order chi connectivity index (χ1) is 7.81. The van der Waals surface area contributed by atoms with Crippen LogP contribution in [0.25, 0.3) is 16.6 Å². The number of aromatic nitrogens is 3. The molecule has 0 aliphatic rings. The molecule has 76 valence electrons. The fraction of sp³-hybridized carbons (Fsp3) is 0. The fourth-order valence-electron chi connectivity index (χ4n) is 1.71. The lowest BCUT2D eigenvalue weighted by atomic mass is 10.2. The molecule has 5 heteroatoms. The summed E-state index contributed by atoms with van der Waals surface area (Å²) in [5.41, 5.74) is 1.14. The minimum Gasteiger partial charge on any atom is -0.295 e. The Morgan fingerprint density at radius 2 is 2.19 bits per heavy atom. The Kier molecular flexibility index (Phi) is 1.59. The molecule has 0 spiro atoms. The van der Waals surface area contributed by atoms with Crippen LogP contribution in [0, 0.1) is 11.3 Å². The summed E-state index contributed by atoms with van der Waals surface area (Å²) in [5, 5.41) is 12.1. The van der Waals surface area contributed by atoms with Gasteiger partial charge in [0.05, 0.1) is 10.9 Å². The van der Waals surface area contributed by atoms with Crippen molar-refractivity contribution in [2.75, 3.05) is 0 Å². The minimum atomic E-state index is -0.192. The third-order valence-corrected chi connectivity index (χ3v) is 2.48. The number of fused-ring (bicyclic) bond motifs is 2. The lowest BCUT2D eigenvalue weighted by Gasteiger charge is -1.97. The highest BCUT2D eigenvalue weighted by molar-refractivity contribution is 5.80. The van der Waals surface area contributed by atoms with Gasteiger partial charge < -0.3 is 0 Å². The molecule has 16 heavy (non-hydrogen) atoms. The van der Waals surface area contributed by atoms with Gasteiger partial charge >= 0.3 is 0 Å². The zero-order valence-electron chi connectivity index (χ0n) is 8.14. The van der Waals surface area contributed by atoms with E-state index in [1.54, 1.807) is 18.2 Å². The van der Waals surface area contributed by atoms with Gasteiger partial charge in [-0.25, -0.2) is 4.98 Å². The van der Waals surface area contributed by atoms with E-state index in [2.05, 4.69) is 10.1 Å². The highest BCUT2D eigenvalue weighted by Crippen LogP contribution is 2.10. The number of nitrogens with one attached hydrogen (secondary N) is 1. The molecule has 0 unspecified atom stereocenters. The van der Waals surface area contributed by atoms with Crippen LogP contribution in [-0.4, -0.2) is 14.6 Å². The van der Waals surface area contributed by atoms with Crippen molar-refractivity contribution < 1.29 is 0 Å². The first-order valence-electron chi connectivity index (χ1n) is 4.70. The third kappa shape index (κ3) is 0.982. The van der Waals surface area contributed by atoms with Crippen molar-refractivity contribution in [1.82, 2.24) is 14.6 Å². The summed E-state index contributed by atoms with van der Waals surface area (Å²) in [6.07, 6.45) is 1.47. The molecule has 2 heterocycles. The van der Waals surface area contributed by atoms with Crippen LogP contribution in [0.2, 0.25) is 0 Å². The van der Waals surface area contributed by atoms with Crippen molar-refractivity contribution in [3.63, 3.8) is 0 Å². The van der Waals surface area contributed by atoms with E-state index < -0.39 is 0 Å². The summed E-state index contributed by atoms with van der Waals surface area (Å²) in [5.74, 6) is 0. The van der Waals surface area contributed by atoms with Crippen molar-refractivity contribution >= 4 is 16.6 Å². The Morgan fingerprint density at radius 3 is 3.00 bits per heavy atom. The molecule has 0 amide bonds. The number of aromatic amines is 1. The Balaban J connectivity index is 2.64. The second-order valence-electron chi connectivity index (χ2n) is 3.39. The van der Waals surface area contributed by atoms with E-state index in [-0.39, 0.29) is 5.56 Å². The first-order valence-corrected chi connectivity index (χ1v) is 4.70. The summed E-state index contributed by atoms with van der Waals surface area (Å²) in [6, 6.07) is 9.05. The first kappa shape index (κ1) is 8.68. The second kappa shape index (κ2) is 2.94. The van der Waals surface area contributed by atoms with Gasteiger partial charge in [-0.2, -0.15) is 9.78 Å². The Hall–Kier alpha value is -2.61. The highest BCUT2D eigenvalue weighted by Gasteiger charge is 2.09. The standard InChI is InChI=1S/C11H6N4O/c12-5-7-6-13-15-10(7)14-9-4-2-1-3-8(9)11(15)16/h1-4,6,13H. The van der Waals surface area contributed by atoms with Gasteiger partial charge in [0.25, 0.3) is 5.56 Å². The Labute approximate surface area is 89.6 Å². The minimum absolute atomic E-state index is 0.192. The number of nitriles is 1. The van der Waals surface area contributed by atoms with Gasteiger partial charge in [0.1, 0.15) is 11.6 Å². The number of rotatable bonds is 0. The maximum atomic E-state index is 12.0. The Morgan fingerprint density at radius 1 is 1.38 bits per heavy atom. The number of hydrogen-bond acceptors (Lipinski definition) is 3. The number of para-hydroxylation sites is 1. The molecule has 0 atom stereocenters. The molecule has 2 aromatic heterocycles. The molecule has 0 fully saturated rings. The zero-order chi connectivity index (χ0) is 11.1. The molecule has 0 radical (unpaired) electrons. The van der Waals surface area contributed by atoms with E-state index in [0.29, 0.717) is 22.1 Å². The maximum absolute atomic E-state index is 12.0. The lowest BCUT2D eigenvalue weighted by molar-refractivity contribution is 0.915. The predicted octanol–water partition coefficient (Wildman–Crippen LogP) is 1.05. The Bertz CT molecular complexity index is 791. The van der Waals surface area contributed by atoms with E-state index in [4.69, 9.17) is 5.26 Å². The van der Waals surface area contributed by atoms with Crippen molar-refractivity contribution in [3.8, 4) is 6.07 Å². The van der Waals surface area contributed by atoms with E-state index >= 15 is 0 Å². The number of nitrogens with zero attached hydrogens (tertiary/aromatic N) is 3. The monoisotopic (exact) mass is 210 g/mol. The summed E-state index contributed by atoms with van der Waals surface area (Å²) in [7, 11) is 0. The molecule has 0 aliphatic carbocycles. The van der Waals surface area contributed by atoms with Crippen LogP contribution in [0.1, 0.15) is 5.56 Å². The van der Waals surface area contributed by atoms with Gasteiger partial charge in [-0.3, -0.25) is 9.89 Å². The molecule has 1 N–H and O–H groups in total. The summed E-state index contributed by atoms with van der Waals surface area (Å²) < 4.78 is 1.28. The van der Waals surface area contributed by atoms with E-state index in [1.165, 1.54) is 10.7 Å². The van der Waals surface area contributed by atoms with Gasteiger partial charge in [0, 0.05) is 6.20 Å². The molecule has 0 saturated heterocycles. The summed E-state index contributed by atoms with van der Waals surface area (Å²) in [4.78, 5) is 16.3. The molecule has 5 nitrogen and oxygen atoms in total. The predicted molar refractivity (Wildman–Crippen MR) is 58.0 cm³/mol.